The molecule has 1 N–H and O–H groups in total. The number of alkyl halides is 3. The van der Waals surface area contributed by atoms with Crippen LogP contribution in [0.5, 0.6) is 0 Å². The third kappa shape index (κ3) is 3.71. The van der Waals surface area contributed by atoms with E-state index in [9.17, 15) is 18.3 Å². The number of rotatable bonds is 4. The number of benzene rings is 1. The highest BCUT2D eigenvalue weighted by Crippen LogP contribution is 2.50. The Morgan fingerprint density at radius 1 is 1.18 bits per heavy atom. The molecule has 1 saturated heterocycles. The van der Waals surface area contributed by atoms with Gasteiger partial charge in [0.1, 0.15) is 6.23 Å². The van der Waals surface area contributed by atoms with Crippen LogP contribution in [0.2, 0.25) is 0 Å². The van der Waals surface area contributed by atoms with E-state index in [-0.39, 0.29) is 12.0 Å². The lowest BCUT2D eigenvalue weighted by Gasteiger charge is -2.60. The maximum Gasteiger partial charge on any atom is 0.421 e. The number of halogens is 3. The summed E-state index contributed by atoms with van der Waals surface area (Å²) < 4.78 is 48.1. The Balaban J connectivity index is 2.04. The van der Waals surface area contributed by atoms with E-state index in [2.05, 4.69) is 6.92 Å². The zero-order valence-electron chi connectivity index (χ0n) is 17.2. The van der Waals surface area contributed by atoms with Crippen LogP contribution >= 0.6 is 0 Å². The van der Waals surface area contributed by atoms with Crippen molar-refractivity contribution in [2.75, 3.05) is 0 Å². The van der Waals surface area contributed by atoms with Crippen LogP contribution in [0.1, 0.15) is 58.9 Å². The Morgan fingerprint density at radius 3 is 2.39 bits per heavy atom. The monoisotopic (exact) mass is 399 g/mol. The van der Waals surface area contributed by atoms with Crippen LogP contribution in [-0.4, -0.2) is 39.7 Å². The number of nitrogens with zero attached hydrogens (tertiary/aromatic N) is 1. The molecule has 1 aromatic rings. The van der Waals surface area contributed by atoms with Crippen molar-refractivity contribution in [3.05, 3.63) is 35.9 Å². The van der Waals surface area contributed by atoms with E-state index in [1.807, 2.05) is 44.2 Å². The molecule has 1 heterocycles. The van der Waals surface area contributed by atoms with Crippen molar-refractivity contribution in [3.8, 4) is 0 Å². The van der Waals surface area contributed by atoms with Gasteiger partial charge >= 0.3 is 6.18 Å². The minimum atomic E-state index is -4.77. The molecule has 2 fully saturated rings. The van der Waals surface area contributed by atoms with Gasteiger partial charge in [-0.25, -0.2) is 0 Å². The van der Waals surface area contributed by atoms with Gasteiger partial charge < -0.3 is 9.84 Å². The van der Waals surface area contributed by atoms with Crippen LogP contribution in [0.15, 0.2) is 30.3 Å². The van der Waals surface area contributed by atoms with Crippen molar-refractivity contribution in [1.82, 2.24) is 4.90 Å². The Kier molecular flexibility index (Phi) is 5.87. The lowest BCUT2D eigenvalue weighted by molar-refractivity contribution is -0.360. The molecule has 158 valence electrons. The molecule has 1 saturated carbocycles. The average molecular weight is 399 g/mol. The number of hydrogen-bond acceptors (Lipinski definition) is 3. The Hall–Kier alpha value is -1.11. The van der Waals surface area contributed by atoms with E-state index in [0.29, 0.717) is 12.5 Å². The van der Waals surface area contributed by atoms with E-state index in [4.69, 9.17) is 4.74 Å². The summed E-state index contributed by atoms with van der Waals surface area (Å²) in [7, 11) is 0. The summed E-state index contributed by atoms with van der Waals surface area (Å²) in [5, 5.41) is 10.8. The highest BCUT2D eigenvalue weighted by atomic mass is 19.4. The molecule has 2 aliphatic rings. The van der Waals surface area contributed by atoms with Crippen LogP contribution in [0, 0.1) is 11.8 Å². The number of aliphatic hydroxyl groups is 1. The molecule has 0 spiro atoms. The first-order chi connectivity index (χ1) is 13.0. The lowest BCUT2D eigenvalue weighted by atomic mass is 9.69. The quantitative estimate of drug-likeness (QED) is 0.762. The molecule has 3 nitrogen and oxygen atoms in total. The largest absolute Gasteiger partial charge is 0.421 e. The molecule has 0 radical (unpaired) electrons. The molecule has 0 bridgehead atoms. The van der Waals surface area contributed by atoms with Crippen LogP contribution in [0.25, 0.3) is 0 Å². The van der Waals surface area contributed by atoms with Crippen molar-refractivity contribution >= 4 is 0 Å². The second-order valence-corrected chi connectivity index (χ2v) is 9.09. The average Bonchev–Trinajstić information content (AvgIpc) is 2.62. The number of ether oxygens (including phenoxy) is 1. The van der Waals surface area contributed by atoms with E-state index >= 15 is 0 Å². The minimum Gasteiger partial charge on any atom is -0.377 e. The fraction of sp³-hybridized carbons (Fsp3) is 0.727. The maximum absolute atomic E-state index is 14.0. The molecule has 0 aromatic heterocycles. The van der Waals surface area contributed by atoms with Crippen LogP contribution in [0.3, 0.4) is 0 Å². The second-order valence-electron chi connectivity index (χ2n) is 9.09. The van der Waals surface area contributed by atoms with Gasteiger partial charge in [0.25, 0.3) is 0 Å². The van der Waals surface area contributed by atoms with Gasteiger partial charge in [0.05, 0.1) is 6.10 Å². The van der Waals surface area contributed by atoms with Gasteiger partial charge in [-0.1, -0.05) is 50.6 Å². The Bertz CT molecular complexity index is 663. The first-order valence-electron chi connectivity index (χ1n) is 10.3. The third-order valence-electron chi connectivity index (χ3n) is 6.92. The zero-order chi connectivity index (χ0) is 20.7. The van der Waals surface area contributed by atoms with E-state index in [1.54, 1.807) is 4.90 Å². The van der Waals surface area contributed by atoms with Crippen molar-refractivity contribution in [2.24, 2.45) is 11.8 Å². The molecule has 6 heteroatoms. The summed E-state index contributed by atoms with van der Waals surface area (Å²) in [6.07, 6.45) is -4.21. The fourth-order valence-corrected chi connectivity index (χ4v) is 4.99. The summed E-state index contributed by atoms with van der Waals surface area (Å²) in [6.45, 7) is 7.81. The molecular formula is C22H32F3NO2. The predicted octanol–water partition coefficient (Wildman–Crippen LogP) is 5.13. The van der Waals surface area contributed by atoms with Crippen LogP contribution in [-0.2, 0) is 11.3 Å². The van der Waals surface area contributed by atoms with Crippen LogP contribution in [0.4, 0.5) is 13.2 Å². The highest BCUT2D eigenvalue weighted by Gasteiger charge is 2.64. The maximum atomic E-state index is 14.0. The molecule has 1 aliphatic heterocycles. The van der Waals surface area contributed by atoms with Gasteiger partial charge in [0.2, 0.25) is 0 Å². The second kappa shape index (κ2) is 7.62. The molecule has 1 aliphatic carbocycles. The van der Waals surface area contributed by atoms with Gasteiger partial charge in [-0.05, 0) is 44.6 Å². The van der Waals surface area contributed by atoms with E-state index < -0.39 is 30.0 Å². The van der Waals surface area contributed by atoms with Crippen molar-refractivity contribution < 1.29 is 23.0 Å². The molecule has 3 rings (SSSR count). The number of hydrogen-bond donors (Lipinski definition) is 1. The van der Waals surface area contributed by atoms with Gasteiger partial charge in [0, 0.05) is 18.0 Å². The van der Waals surface area contributed by atoms with Crippen molar-refractivity contribution in [3.63, 3.8) is 0 Å². The zero-order valence-corrected chi connectivity index (χ0v) is 17.2. The topological polar surface area (TPSA) is 32.7 Å². The molecule has 0 amide bonds. The first-order valence-corrected chi connectivity index (χ1v) is 10.3. The molecule has 5 atom stereocenters. The molecule has 1 aromatic carbocycles. The lowest BCUT2D eigenvalue weighted by Crippen LogP contribution is -2.72. The van der Waals surface area contributed by atoms with E-state index in [0.717, 1.165) is 24.8 Å². The van der Waals surface area contributed by atoms with Gasteiger partial charge in [-0.15, -0.1) is 0 Å². The SMILES string of the molecule is CC[C@](O)([C@@H]1O[C@@H]2C[C@H](C)CC[C@H]2C(C)(C)N1Cc1ccccc1)C(F)(F)F. The summed E-state index contributed by atoms with van der Waals surface area (Å²) in [4.78, 5) is 1.75. The Labute approximate surface area is 165 Å². The molecular weight excluding hydrogens is 367 g/mol. The predicted molar refractivity (Wildman–Crippen MR) is 103 cm³/mol. The van der Waals surface area contributed by atoms with Gasteiger partial charge in [0.15, 0.2) is 5.60 Å². The normalized spacial score (nSPS) is 33.1. The van der Waals surface area contributed by atoms with Gasteiger partial charge in [-0.2, -0.15) is 13.2 Å². The standard InChI is InChI=1S/C22H32F3NO2/c1-5-21(27,22(23,24)25)19-26(14-16-9-7-6-8-10-16)20(3,4)17-12-11-15(2)13-18(17)28-19/h6-10,15,17-19,27H,5,11-14H2,1-4H3/t15-,17-,18-,19+,21+/m1/s1. The number of fused-ring (bicyclic) bond motifs is 1. The molecule has 0 unspecified atom stereocenters. The van der Waals surface area contributed by atoms with E-state index in [1.165, 1.54) is 6.92 Å². The summed E-state index contributed by atoms with van der Waals surface area (Å²) in [6, 6.07) is 9.45. The Morgan fingerprint density at radius 2 is 1.82 bits per heavy atom. The highest BCUT2D eigenvalue weighted by molar-refractivity contribution is 5.17. The van der Waals surface area contributed by atoms with Gasteiger partial charge in [-0.3, -0.25) is 4.90 Å². The minimum absolute atomic E-state index is 0.137. The summed E-state index contributed by atoms with van der Waals surface area (Å²) in [5.41, 5.74) is -2.53. The van der Waals surface area contributed by atoms with Crippen molar-refractivity contribution in [2.45, 2.75) is 89.6 Å². The first kappa shape index (κ1) is 21.6. The summed E-state index contributed by atoms with van der Waals surface area (Å²) in [5.74, 6) is 0.553. The third-order valence-corrected chi connectivity index (χ3v) is 6.92. The molecule has 28 heavy (non-hydrogen) atoms. The summed E-state index contributed by atoms with van der Waals surface area (Å²) >= 11 is 0. The van der Waals surface area contributed by atoms with Crippen molar-refractivity contribution in [1.29, 1.82) is 0 Å². The van der Waals surface area contributed by atoms with Crippen LogP contribution < -0.4 is 0 Å². The fourth-order valence-electron chi connectivity index (χ4n) is 4.99. The smallest absolute Gasteiger partial charge is 0.377 e.